The first-order valence-corrected chi connectivity index (χ1v) is 25.4. The first kappa shape index (κ1) is 63.7. The summed E-state index contributed by atoms with van der Waals surface area (Å²) in [5.74, 6) is 3.79. The number of aromatic hydroxyl groups is 2. The van der Waals surface area contributed by atoms with Gasteiger partial charge in [0, 0.05) is 24.5 Å². The maximum absolute atomic E-state index is 10.4. The van der Waals surface area contributed by atoms with Crippen LogP contribution in [0, 0.1) is 5.92 Å². The molecular formula is C50H81O4P3SV. The van der Waals surface area contributed by atoms with Crippen LogP contribution >= 0.6 is 25.9 Å². The fourth-order valence-electron chi connectivity index (χ4n) is 5.31. The number of hydrogen-bond acceptors (Lipinski definition) is 5. The first-order valence-electron chi connectivity index (χ1n) is 21.1. The third kappa shape index (κ3) is 33.4. The van der Waals surface area contributed by atoms with E-state index in [-0.39, 0.29) is 30.6 Å². The minimum absolute atomic E-state index is 0. The molecule has 0 spiro atoms. The van der Waals surface area contributed by atoms with Crippen LogP contribution in [0.1, 0.15) is 173 Å². The van der Waals surface area contributed by atoms with Gasteiger partial charge in [0.25, 0.3) is 0 Å². The minimum atomic E-state index is -0.116. The molecule has 9 heteroatoms. The third-order valence-electron chi connectivity index (χ3n) is 10.4. The van der Waals surface area contributed by atoms with Crippen molar-refractivity contribution >= 4 is 43.5 Å². The number of aliphatic hydroxyl groups excluding tert-OH is 1. The van der Waals surface area contributed by atoms with Gasteiger partial charge in [0.05, 0.1) is 6.10 Å². The molecular weight excluding hydrogens is 840 g/mol. The fraction of sp³-hybridized carbons (Fsp3) is 0.500. The van der Waals surface area contributed by atoms with Gasteiger partial charge in [-0.2, -0.15) is 0 Å². The number of Topliss-reactive ketones (excluding diaryl/α,β-unsaturated/α-hetero) is 1. The van der Waals surface area contributed by atoms with Crippen LogP contribution in [0.25, 0.3) is 0 Å². The average Bonchev–Trinajstić information content (AvgIpc) is 3.27. The van der Waals surface area contributed by atoms with Crippen molar-refractivity contribution in [2.75, 3.05) is 0 Å². The normalized spacial score (nSPS) is 12.6. The van der Waals surface area contributed by atoms with Gasteiger partial charge in [0.15, 0.2) is 0 Å². The smallest absolute Gasteiger partial charge is 0.132 e. The SMILES string of the molecule is CCC(C)C(C)=O.CCC(C)O.CCC(C)c1ccc(O)cc1.CCC(C)c1ccccc1.CCC(CCCC(C)c1ccc(O)cc1)c1ccccc1.P=S.PP.[V]. The zero-order chi connectivity index (χ0) is 44.9. The maximum atomic E-state index is 10.4. The van der Waals surface area contributed by atoms with Crippen LogP contribution in [-0.2, 0) is 35.2 Å². The van der Waals surface area contributed by atoms with Crippen molar-refractivity contribution < 1.29 is 38.7 Å². The van der Waals surface area contributed by atoms with Crippen LogP contribution in [0.5, 0.6) is 11.5 Å². The predicted octanol–water partition coefficient (Wildman–Crippen LogP) is 15.6. The van der Waals surface area contributed by atoms with E-state index in [9.17, 15) is 9.90 Å². The Morgan fingerprint density at radius 2 is 0.881 bits per heavy atom. The van der Waals surface area contributed by atoms with Crippen LogP contribution in [0.15, 0.2) is 109 Å². The molecule has 0 saturated heterocycles. The molecule has 0 fully saturated rings. The number of benzene rings is 4. The average molecular weight is 922 g/mol. The largest absolute Gasteiger partial charge is 0.508 e. The van der Waals surface area contributed by atoms with E-state index in [4.69, 9.17) is 10.2 Å². The number of rotatable bonds is 14. The Bertz CT molecular complexity index is 1480. The molecule has 4 aromatic rings. The van der Waals surface area contributed by atoms with E-state index in [1.807, 2.05) is 45.0 Å². The van der Waals surface area contributed by atoms with Crippen molar-refractivity contribution in [3.05, 3.63) is 131 Å². The van der Waals surface area contributed by atoms with E-state index in [1.165, 1.54) is 54.4 Å². The van der Waals surface area contributed by atoms with E-state index in [1.54, 1.807) is 38.1 Å². The van der Waals surface area contributed by atoms with E-state index < -0.39 is 0 Å². The summed E-state index contributed by atoms with van der Waals surface area (Å²) in [6.07, 6.45) is 8.99. The van der Waals surface area contributed by atoms with Gasteiger partial charge in [-0.1, -0.05) is 165 Å². The van der Waals surface area contributed by atoms with Crippen molar-refractivity contribution in [3.8, 4) is 11.5 Å². The van der Waals surface area contributed by atoms with Crippen molar-refractivity contribution in [2.45, 2.75) is 157 Å². The molecule has 4 nitrogen and oxygen atoms in total. The molecule has 0 aliphatic heterocycles. The molecule has 0 heterocycles. The molecule has 3 N–H and O–H groups in total. The molecule has 1 radical (unpaired) electrons. The van der Waals surface area contributed by atoms with Crippen LogP contribution < -0.4 is 0 Å². The van der Waals surface area contributed by atoms with Crippen molar-refractivity contribution in [2.24, 2.45) is 5.92 Å². The van der Waals surface area contributed by atoms with Gasteiger partial charge in [-0.25, -0.2) is 0 Å². The zero-order valence-electron chi connectivity index (χ0n) is 38.3. The number of phenolic OH excluding ortho intramolecular Hbond substituents is 2. The standard InChI is InChI=1S/C20H26O.C10H14O.C10H14.C6H12O.C4H10O.H4P2.HPS.V/c1-3-17(19-9-5-4-6-10-19)11-7-8-16(2)18-12-14-20(21)15-13-18;1-3-8(2)9-4-6-10(11)7-5-9;1-3-9(2)10-7-5-4-6-8-10;1-4-5(2)6(3)7;1-3-4(2)5;2*1-2;/h4-6,9-10,12-17,21H,3,7-8,11H2,1-2H3;4-8,11H,3H2,1-2H3;4-9H,3H2,1-2H3;5H,4H2,1-3H3;4-5H,3H2,1-2H3;1-2H2;1H;. The van der Waals surface area contributed by atoms with Crippen LogP contribution in [0.3, 0.4) is 0 Å². The summed E-state index contributed by atoms with van der Waals surface area (Å²) in [5.41, 5.74) is 5.54. The molecule has 0 amide bonds. The summed E-state index contributed by atoms with van der Waals surface area (Å²) in [7, 11) is 7.22. The fourth-order valence-corrected chi connectivity index (χ4v) is 5.31. The maximum Gasteiger partial charge on any atom is 0.132 e. The van der Waals surface area contributed by atoms with Crippen molar-refractivity contribution in [1.29, 1.82) is 0 Å². The van der Waals surface area contributed by atoms with Crippen molar-refractivity contribution in [3.63, 3.8) is 0 Å². The number of aliphatic hydroxyl groups is 1. The number of phenols is 2. The van der Waals surface area contributed by atoms with Gasteiger partial charge in [-0.15, -0.1) is 17.9 Å². The first-order chi connectivity index (χ1) is 27.7. The molecule has 8 unspecified atom stereocenters. The third-order valence-corrected chi connectivity index (χ3v) is 10.4. The summed E-state index contributed by atoms with van der Waals surface area (Å²) in [6.45, 7) is 22.7. The van der Waals surface area contributed by atoms with E-state index in [0.29, 0.717) is 41.0 Å². The molecule has 0 aromatic heterocycles. The zero-order valence-corrected chi connectivity index (χ0v) is 43.8. The molecule has 0 bridgehead atoms. The summed E-state index contributed by atoms with van der Waals surface area (Å²) in [5, 5.41) is 26.7. The molecule has 331 valence electrons. The topological polar surface area (TPSA) is 77.8 Å². The second-order valence-corrected chi connectivity index (χ2v) is 14.7. The predicted molar refractivity (Wildman–Crippen MR) is 269 cm³/mol. The van der Waals surface area contributed by atoms with Gasteiger partial charge in [0.2, 0.25) is 0 Å². The molecule has 4 aromatic carbocycles. The summed E-state index contributed by atoms with van der Waals surface area (Å²) in [6, 6.07) is 36.6. The Hall–Kier alpha value is -1.93. The molecule has 59 heavy (non-hydrogen) atoms. The van der Waals surface area contributed by atoms with Gasteiger partial charge in [-0.3, -0.25) is 4.79 Å². The molecule has 0 aliphatic carbocycles. The van der Waals surface area contributed by atoms with Crippen molar-refractivity contribution in [1.82, 2.24) is 0 Å². The van der Waals surface area contributed by atoms with Crippen LogP contribution in [0.2, 0.25) is 0 Å². The number of ketones is 1. The molecule has 0 saturated carbocycles. The quantitative estimate of drug-likeness (QED) is 0.110. The molecule has 0 aliphatic rings. The monoisotopic (exact) mass is 921 g/mol. The summed E-state index contributed by atoms with van der Waals surface area (Å²) >= 11 is 3.89. The van der Waals surface area contributed by atoms with Gasteiger partial charge < -0.3 is 15.3 Å². The van der Waals surface area contributed by atoms with E-state index >= 15 is 0 Å². The van der Waals surface area contributed by atoms with E-state index in [0.717, 1.165) is 19.3 Å². The number of carbonyl (C=O) groups excluding carboxylic acids is 1. The Morgan fingerprint density at radius 3 is 1.17 bits per heavy atom. The van der Waals surface area contributed by atoms with Gasteiger partial charge >= 0.3 is 0 Å². The van der Waals surface area contributed by atoms with Crippen LogP contribution in [-0.4, -0.2) is 27.2 Å². The van der Waals surface area contributed by atoms with Crippen LogP contribution in [0.4, 0.5) is 0 Å². The van der Waals surface area contributed by atoms with Gasteiger partial charge in [0.1, 0.15) is 17.3 Å². The number of carbonyl (C=O) groups is 1. The Labute approximate surface area is 386 Å². The Kier molecular flexibility index (Phi) is 46.2. The van der Waals surface area contributed by atoms with Gasteiger partial charge in [-0.05, 0) is 137 Å². The minimum Gasteiger partial charge on any atom is -0.508 e. The summed E-state index contributed by atoms with van der Waals surface area (Å²) in [4.78, 5) is 10.4. The second kappa shape index (κ2) is 42.8. The second-order valence-electron chi connectivity index (χ2n) is 14.7. The molecule has 8 atom stereocenters. The summed E-state index contributed by atoms with van der Waals surface area (Å²) < 4.78 is 0. The number of hydrogen-bond donors (Lipinski definition) is 3. The Balaban J connectivity index is -0.000000340. The Morgan fingerprint density at radius 1 is 0.542 bits per heavy atom. The van der Waals surface area contributed by atoms with E-state index in [2.05, 4.69) is 140 Å². The molecule has 4 rings (SSSR count).